The smallest absolute Gasteiger partial charge is 0.130 e. The average molecular weight is 205 g/mol. The van der Waals surface area contributed by atoms with Crippen LogP contribution in [0, 0.1) is 11.2 Å². The van der Waals surface area contributed by atoms with Crippen molar-refractivity contribution in [2.45, 2.75) is 20.3 Å². The van der Waals surface area contributed by atoms with Crippen molar-refractivity contribution in [2.24, 2.45) is 11.1 Å². The van der Waals surface area contributed by atoms with Gasteiger partial charge >= 0.3 is 0 Å². The van der Waals surface area contributed by atoms with Crippen molar-refractivity contribution < 1.29 is 4.39 Å². The minimum atomic E-state index is -0.129. The van der Waals surface area contributed by atoms with Crippen molar-refractivity contribution in [2.75, 3.05) is 6.54 Å². The van der Waals surface area contributed by atoms with E-state index in [4.69, 9.17) is 5.73 Å². The van der Waals surface area contributed by atoms with Crippen LogP contribution in [0.5, 0.6) is 0 Å². The highest BCUT2D eigenvalue weighted by Crippen LogP contribution is 2.36. The molecule has 15 heavy (non-hydrogen) atoms. The van der Waals surface area contributed by atoms with Gasteiger partial charge in [0.2, 0.25) is 0 Å². The monoisotopic (exact) mass is 205 g/mol. The molecule has 2 rings (SSSR count). The third-order valence-electron chi connectivity index (χ3n) is 3.22. The second kappa shape index (κ2) is 3.46. The molecule has 0 heterocycles. The van der Waals surface area contributed by atoms with E-state index in [0.717, 1.165) is 17.5 Å². The van der Waals surface area contributed by atoms with Crippen LogP contribution < -0.4 is 5.73 Å². The minimum Gasteiger partial charge on any atom is -0.330 e. The summed E-state index contributed by atoms with van der Waals surface area (Å²) in [5, 5.41) is 0. The molecule has 0 fully saturated rings. The van der Waals surface area contributed by atoms with Gasteiger partial charge in [0.1, 0.15) is 5.82 Å². The Hall–Kier alpha value is -1.15. The lowest BCUT2D eigenvalue weighted by Gasteiger charge is -2.24. The van der Waals surface area contributed by atoms with E-state index in [0.29, 0.717) is 6.54 Å². The van der Waals surface area contributed by atoms with E-state index in [1.807, 2.05) is 12.1 Å². The zero-order valence-corrected chi connectivity index (χ0v) is 9.18. The summed E-state index contributed by atoms with van der Waals surface area (Å²) in [6.07, 6.45) is 2.79. The lowest BCUT2D eigenvalue weighted by molar-refractivity contribution is 0.456. The fraction of sp³-hybridized carbons (Fsp3) is 0.385. The summed E-state index contributed by atoms with van der Waals surface area (Å²) < 4.78 is 13.5. The topological polar surface area (TPSA) is 26.0 Å². The molecule has 2 N–H and O–H groups in total. The Kier molecular flexibility index (Phi) is 2.39. The molecule has 1 nitrogen and oxygen atoms in total. The molecule has 0 unspecified atom stereocenters. The Morgan fingerprint density at radius 3 is 2.73 bits per heavy atom. The summed E-state index contributed by atoms with van der Waals surface area (Å²) in [4.78, 5) is 0. The van der Waals surface area contributed by atoms with Gasteiger partial charge in [-0.25, -0.2) is 4.39 Å². The van der Waals surface area contributed by atoms with Crippen LogP contribution in [0.1, 0.15) is 25.0 Å². The van der Waals surface area contributed by atoms with Crippen LogP contribution in [0.4, 0.5) is 4.39 Å². The first-order chi connectivity index (χ1) is 7.04. The van der Waals surface area contributed by atoms with Crippen LogP contribution in [0.3, 0.4) is 0 Å². The third-order valence-corrected chi connectivity index (χ3v) is 3.22. The van der Waals surface area contributed by atoms with Gasteiger partial charge in [0.05, 0.1) is 0 Å². The van der Waals surface area contributed by atoms with E-state index in [2.05, 4.69) is 13.8 Å². The van der Waals surface area contributed by atoms with E-state index < -0.39 is 0 Å². The number of halogens is 1. The van der Waals surface area contributed by atoms with E-state index in [1.165, 1.54) is 11.6 Å². The minimum absolute atomic E-state index is 0.0362. The molecule has 0 saturated carbocycles. The molecule has 0 bridgehead atoms. The summed E-state index contributed by atoms with van der Waals surface area (Å²) in [6.45, 7) is 4.79. The average Bonchev–Trinajstić information content (AvgIpc) is 2.64. The third kappa shape index (κ3) is 1.70. The molecule has 0 spiro atoms. The predicted molar refractivity (Wildman–Crippen MR) is 60.9 cm³/mol. The molecule has 0 radical (unpaired) electrons. The van der Waals surface area contributed by atoms with Crippen LogP contribution in [-0.2, 0) is 6.42 Å². The summed E-state index contributed by atoms with van der Waals surface area (Å²) in [5.74, 6) is -0.129. The largest absolute Gasteiger partial charge is 0.330 e. The number of hydrogen-bond donors (Lipinski definition) is 1. The number of rotatable bonds is 2. The molecular weight excluding hydrogens is 189 g/mol. The van der Waals surface area contributed by atoms with Gasteiger partial charge in [-0.3, -0.25) is 0 Å². The summed E-state index contributed by atoms with van der Waals surface area (Å²) in [5.41, 5.74) is 8.74. The number of fused-ring (bicyclic) bond motifs is 1. The molecule has 80 valence electrons. The van der Waals surface area contributed by atoms with E-state index >= 15 is 0 Å². The Balaban J connectivity index is 2.40. The SMILES string of the molecule is CC(C)(CN)C1=Cc2c(F)cccc2C1. The fourth-order valence-electron chi connectivity index (χ4n) is 1.89. The lowest BCUT2D eigenvalue weighted by Crippen LogP contribution is -2.25. The van der Waals surface area contributed by atoms with E-state index in [9.17, 15) is 4.39 Å². The van der Waals surface area contributed by atoms with Gasteiger partial charge in [0.15, 0.2) is 0 Å². The zero-order valence-electron chi connectivity index (χ0n) is 9.18. The van der Waals surface area contributed by atoms with Gasteiger partial charge in [0.25, 0.3) is 0 Å². The highest BCUT2D eigenvalue weighted by atomic mass is 19.1. The van der Waals surface area contributed by atoms with Gasteiger partial charge in [-0.15, -0.1) is 0 Å². The van der Waals surface area contributed by atoms with Gasteiger partial charge < -0.3 is 5.73 Å². The highest BCUT2D eigenvalue weighted by molar-refractivity contribution is 5.65. The Morgan fingerprint density at radius 1 is 1.40 bits per heavy atom. The fourth-order valence-corrected chi connectivity index (χ4v) is 1.89. The van der Waals surface area contributed by atoms with Crippen molar-refractivity contribution in [3.63, 3.8) is 0 Å². The first-order valence-corrected chi connectivity index (χ1v) is 5.23. The van der Waals surface area contributed by atoms with Gasteiger partial charge in [-0.2, -0.15) is 0 Å². The molecule has 1 aliphatic carbocycles. The normalized spacial score (nSPS) is 15.1. The van der Waals surface area contributed by atoms with Crippen molar-refractivity contribution in [1.82, 2.24) is 0 Å². The van der Waals surface area contributed by atoms with Crippen LogP contribution in [0.25, 0.3) is 6.08 Å². The molecule has 0 atom stereocenters. The Labute approximate surface area is 89.8 Å². The van der Waals surface area contributed by atoms with Gasteiger partial charge in [-0.1, -0.05) is 37.6 Å². The zero-order chi connectivity index (χ0) is 11.1. The van der Waals surface area contributed by atoms with E-state index in [-0.39, 0.29) is 11.2 Å². The van der Waals surface area contributed by atoms with Crippen molar-refractivity contribution in [1.29, 1.82) is 0 Å². The maximum atomic E-state index is 13.5. The van der Waals surface area contributed by atoms with Crippen LogP contribution in [-0.4, -0.2) is 6.54 Å². The molecule has 0 saturated heterocycles. The first-order valence-electron chi connectivity index (χ1n) is 5.23. The maximum absolute atomic E-state index is 13.5. The van der Waals surface area contributed by atoms with Crippen molar-refractivity contribution >= 4 is 6.08 Å². The Morgan fingerprint density at radius 2 is 2.13 bits per heavy atom. The molecule has 1 aromatic rings. The molecular formula is C13H16FN. The second-order valence-electron chi connectivity index (χ2n) is 4.75. The van der Waals surface area contributed by atoms with Gasteiger partial charge in [0, 0.05) is 12.1 Å². The summed E-state index contributed by atoms with van der Waals surface area (Å²) in [6, 6.07) is 5.25. The predicted octanol–water partition coefficient (Wildman–Crippen LogP) is 2.75. The number of benzene rings is 1. The van der Waals surface area contributed by atoms with Crippen molar-refractivity contribution in [3.8, 4) is 0 Å². The number of nitrogens with two attached hydrogens (primary N) is 1. The molecule has 0 amide bonds. The Bertz CT molecular complexity index is 419. The van der Waals surface area contributed by atoms with Gasteiger partial charge in [-0.05, 0) is 23.5 Å². The van der Waals surface area contributed by atoms with Crippen LogP contribution in [0.15, 0.2) is 23.8 Å². The second-order valence-corrected chi connectivity index (χ2v) is 4.75. The van der Waals surface area contributed by atoms with E-state index in [1.54, 1.807) is 6.07 Å². The first kappa shape index (κ1) is 10.4. The maximum Gasteiger partial charge on any atom is 0.130 e. The van der Waals surface area contributed by atoms with Crippen LogP contribution in [0.2, 0.25) is 0 Å². The summed E-state index contributed by atoms with van der Waals surface area (Å²) >= 11 is 0. The molecule has 0 aromatic heterocycles. The molecule has 1 aromatic carbocycles. The number of hydrogen-bond acceptors (Lipinski definition) is 1. The molecule has 0 aliphatic heterocycles. The highest BCUT2D eigenvalue weighted by Gasteiger charge is 2.26. The molecule has 1 aliphatic rings. The van der Waals surface area contributed by atoms with Crippen LogP contribution >= 0.6 is 0 Å². The molecule has 2 heteroatoms. The lowest BCUT2D eigenvalue weighted by atomic mass is 9.83. The quantitative estimate of drug-likeness (QED) is 0.789. The van der Waals surface area contributed by atoms with Crippen molar-refractivity contribution in [3.05, 3.63) is 40.7 Å². The summed E-state index contributed by atoms with van der Waals surface area (Å²) in [7, 11) is 0. The standard InChI is InChI=1S/C13H16FN/c1-13(2,8-15)10-6-9-4-3-5-12(14)11(9)7-10/h3-5,7H,6,8,15H2,1-2H3.